The number of rotatable bonds is 9. The van der Waals surface area contributed by atoms with Crippen molar-refractivity contribution >= 4 is 29.2 Å². The van der Waals surface area contributed by atoms with Crippen molar-refractivity contribution in [2.24, 2.45) is 35.5 Å². The summed E-state index contributed by atoms with van der Waals surface area (Å²) in [6.07, 6.45) is 8.68. The molecule has 0 unspecified atom stereocenters. The van der Waals surface area contributed by atoms with E-state index < -0.39 is 109 Å². The minimum Gasteiger partial charge on any atom is -0.460 e. The molecule has 0 aromatic rings. The summed E-state index contributed by atoms with van der Waals surface area (Å²) < 4.78 is 65.9. The lowest BCUT2D eigenvalue weighted by atomic mass is 9.78. The van der Waals surface area contributed by atoms with Crippen LogP contribution in [0.4, 0.5) is 0 Å². The summed E-state index contributed by atoms with van der Waals surface area (Å²) >= 11 is 0. The molecule has 68 heavy (non-hydrogen) atoms. The molecular weight excluding hydrogens is 875 g/mol. The Balaban J connectivity index is 1.70. The standard InChI is InChI=1S/C53H83NO14/c1-32-16-12-11-13-17-33(2)44(63-8)30-40-21-19-38(7)53(62,68-40)50(59)51(60)54-23-15-14-18-41(54)52(61)67-45(35(4)28-39-20-22-43(66-25-24-55)46(29-39)64-9)31-42(56)34(3)27-37(6)48(58)49(65-10)47(57)36(5)26-32/h11-13,16-17,27,32,34-36,38-41,43-46,48-49,55,58,62H,14-15,18-26,28-31H2,1-10H3/b13-11+,16-12+,33-17+,37-27+/t32-,34-,35-,36-,38-,39+,40+,41+,43-,44-,45+,46-,48-,49+,53-/m1/s1/i24D2,25D2. The Kier molecular flexibility index (Phi) is 20.4. The van der Waals surface area contributed by atoms with Crippen LogP contribution in [0.2, 0.25) is 0 Å². The van der Waals surface area contributed by atoms with E-state index in [0.29, 0.717) is 56.9 Å². The zero-order valence-electron chi connectivity index (χ0n) is 46.0. The van der Waals surface area contributed by atoms with Crippen molar-refractivity contribution in [1.82, 2.24) is 4.90 Å². The maximum Gasteiger partial charge on any atom is 0.329 e. The normalized spacial score (nSPS) is 40.5. The zero-order valence-corrected chi connectivity index (χ0v) is 42.0. The Labute approximate surface area is 410 Å². The summed E-state index contributed by atoms with van der Waals surface area (Å²) in [5, 5.41) is 33.3. The molecule has 0 aromatic heterocycles. The van der Waals surface area contributed by atoms with Gasteiger partial charge in [0.25, 0.3) is 11.7 Å². The van der Waals surface area contributed by atoms with Gasteiger partial charge in [0.2, 0.25) is 5.79 Å². The number of nitrogens with zero attached hydrogens (tertiary/aromatic N) is 1. The molecule has 4 rings (SSSR count). The van der Waals surface area contributed by atoms with Gasteiger partial charge in [0.15, 0.2) is 5.78 Å². The average molecular weight is 962 g/mol. The van der Waals surface area contributed by atoms with Crippen LogP contribution in [0.25, 0.3) is 0 Å². The Morgan fingerprint density at radius 1 is 0.882 bits per heavy atom. The van der Waals surface area contributed by atoms with E-state index in [1.54, 1.807) is 40.9 Å². The fourth-order valence-corrected chi connectivity index (χ4v) is 10.3. The van der Waals surface area contributed by atoms with Gasteiger partial charge in [0, 0.05) is 58.5 Å². The van der Waals surface area contributed by atoms with Crippen molar-refractivity contribution in [2.45, 2.75) is 180 Å². The molecule has 2 bridgehead atoms. The Bertz CT molecular complexity index is 1990. The predicted molar refractivity (Wildman–Crippen MR) is 256 cm³/mol. The second-order valence-electron chi connectivity index (χ2n) is 19.9. The summed E-state index contributed by atoms with van der Waals surface area (Å²) in [7, 11) is 4.33. The lowest BCUT2D eigenvalue weighted by Crippen LogP contribution is -2.61. The fourth-order valence-electron chi connectivity index (χ4n) is 10.3. The number of carbonyl (C=O) groups is 5. The number of aliphatic hydroxyl groups is 3. The number of hydrogen-bond donors (Lipinski definition) is 3. The Morgan fingerprint density at radius 2 is 1.62 bits per heavy atom. The van der Waals surface area contributed by atoms with Crippen molar-refractivity contribution < 1.29 is 73.2 Å². The monoisotopic (exact) mass is 962 g/mol. The molecule has 0 spiro atoms. The summed E-state index contributed by atoms with van der Waals surface area (Å²) in [6, 6.07) is -1.22. The van der Waals surface area contributed by atoms with Crippen LogP contribution in [0.5, 0.6) is 0 Å². The summed E-state index contributed by atoms with van der Waals surface area (Å²) in [6.45, 7) is 6.12. The van der Waals surface area contributed by atoms with E-state index in [1.807, 2.05) is 51.2 Å². The molecule has 1 saturated carbocycles. The van der Waals surface area contributed by atoms with E-state index in [4.69, 9.17) is 33.9 Å². The SMILES string of the molecule is [2H]C([2H])(O)C([2H])([2H])O[C@@H]1CC[C@@H](C[C@@H](C)[C@@H]2CC(=O)[C@H](C)/C=C(\C)[C@@H](O)[C@@H](OC)C(=O)[C@H](C)C[C@H](C)/C=C/C=C/C=C(\C)[C@H](OC)C[C@@H]3CC[C@@H](C)[C@@](O)(O3)C(=O)C(=O)N3CCCC[C@H]3C(=O)O2)C[C@H]1OC. The highest BCUT2D eigenvalue weighted by atomic mass is 16.6. The highest BCUT2D eigenvalue weighted by molar-refractivity contribution is 6.39. The average Bonchev–Trinajstić information content (AvgIpc) is 3.32. The van der Waals surface area contributed by atoms with Gasteiger partial charge >= 0.3 is 5.97 Å². The number of hydrogen-bond acceptors (Lipinski definition) is 14. The van der Waals surface area contributed by atoms with Crippen LogP contribution >= 0.6 is 0 Å². The highest BCUT2D eigenvalue weighted by Crippen LogP contribution is 2.38. The van der Waals surface area contributed by atoms with E-state index in [-0.39, 0.29) is 55.6 Å². The third-order valence-corrected chi connectivity index (χ3v) is 14.7. The fraction of sp³-hybridized carbons (Fsp3) is 0.755. The lowest BCUT2D eigenvalue weighted by Gasteiger charge is -2.42. The summed E-state index contributed by atoms with van der Waals surface area (Å²) in [5.74, 6) is -8.91. The summed E-state index contributed by atoms with van der Waals surface area (Å²) in [5.41, 5.74) is 1.19. The smallest absolute Gasteiger partial charge is 0.329 e. The number of allylic oxidation sites excluding steroid dienone is 6. The number of fused-ring (bicyclic) bond motifs is 3. The number of piperidine rings is 1. The molecule has 384 valence electrons. The van der Waals surface area contributed by atoms with Crippen LogP contribution < -0.4 is 0 Å². The zero-order chi connectivity index (χ0) is 53.9. The van der Waals surface area contributed by atoms with Gasteiger partial charge in [-0.05, 0) is 107 Å². The molecule has 3 heterocycles. The van der Waals surface area contributed by atoms with Crippen LogP contribution in [0.1, 0.15) is 131 Å². The topological polar surface area (TPSA) is 205 Å². The van der Waals surface area contributed by atoms with Crippen molar-refractivity contribution in [2.75, 3.05) is 41.0 Å². The molecule has 2 saturated heterocycles. The third kappa shape index (κ3) is 15.3. The molecule has 15 heteroatoms. The van der Waals surface area contributed by atoms with Gasteiger partial charge in [-0.25, -0.2) is 4.79 Å². The number of aliphatic hydroxyl groups excluding tert-OH is 1. The maximum absolute atomic E-state index is 14.5. The first-order valence-corrected chi connectivity index (χ1v) is 24.6. The molecule has 0 radical (unpaired) electrons. The number of amides is 1. The Morgan fingerprint density at radius 3 is 2.29 bits per heavy atom. The molecule has 3 N–H and O–H groups in total. The van der Waals surface area contributed by atoms with Crippen LogP contribution in [0.3, 0.4) is 0 Å². The first-order valence-electron chi connectivity index (χ1n) is 26.6. The van der Waals surface area contributed by atoms with Gasteiger partial charge in [0.05, 0.1) is 43.0 Å². The summed E-state index contributed by atoms with van der Waals surface area (Å²) in [4.78, 5) is 72.3. The van der Waals surface area contributed by atoms with Crippen LogP contribution in [0, 0.1) is 35.5 Å². The first kappa shape index (κ1) is 51.0. The van der Waals surface area contributed by atoms with Gasteiger partial charge in [0.1, 0.15) is 30.1 Å². The lowest BCUT2D eigenvalue weighted by molar-refractivity contribution is -0.265. The maximum atomic E-state index is 14.5. The number of methoxy groups -OCH3 is 3. The molecule has 1 amide bonds. The molecule has 1 aliphatic carbocycles. The van der Waals surface area contributed by atoms with Crippen LogP contribution in [-0.2, 0) is 52.4 Å². The van der Waals surface area contributed by atoms with Gasteiger partial charge in [-0.15, -0.1) is 0 Å². The van der Waals surface area contributed by atoms with Crippen molar-refractivity contribution in [3.8, 4) is 0 Å². The van der Waals surface area contributed by atoms with E-state index in [1.165, 1.54) is 14.2 Å². The molecule has 4 aliphatic rings. The minimum atomic E-state index is -3.27. The van der Waals surface area contributed by atoms with Crippen molar-refractivity contribution in [3.63, 3.8) is 0 Å². The second-order valence-corrected chi connectivity index (χ2v) is 19.9. The van der Waals surface area contributed by atoms with Gasteiger partial charge < -0.3 is 48.6 Å². The number of Topliss-reactive ketones (excluding diaryl/α,β-unsaturated/α-hetero) is 3. The Hall–Kier alpha value is -3.41. The van der Waals surface area contributed by atoms with Crippen molar-refractivity contribution in [1.29, 1.82) is 0 Å². The number of ether oxygens (including phenoxy) is 6. The largest absolute Gasteiger partial charge is 0.460 e. The van der Waals surface area contributed by atoms with Crippen molar-refractivity contribution in [3.05, 3.63) is 47.6 Å². The molecular formula is C53H83NO14. The van der Waals surface area contributed by atoms with Crippen LogP contribution in [0.15, 0.2) is 47.6 Å². The highest BCUT2D eigenvalue weighted by Gasteiger charge is 2.53. The first-order chi connectivity index (χ1) is 33.7. The molecule has 0 aromatic carbocycles. The number of ketones is 3. The van der Waals surface area contributed by atoms with Crippen LogP contribution in [-0.4, -0.2) is 145 Å². The molecule has 15 atom stereocenters. The molecule has 15 nitrogen and oxygen atoms in total. The van der Waals surface area contributed by atoms with E-state index in [2.05, 4.69) is 0 Å². The van der Waals surface area contributed by atoms with Gasteiger partial charge in [-0.2, -0.15) is 0 Å². The number of cyclic esters (lactones) is 1. The second kappa shape index (κ2) is 27.3. The van der Waals surface area contributed by atoms with Gasteiger partial charge in [-0.3, -0.25) is 19.2 Å². The molecule has 3 aliphatic heterocycles. The van der Waals surface area contributed by atoms with E-state index >= 15 is 0 Å². The third-order valence-electron chi connectivity index (χ3n) is 14.7. The predicted octanol–water partition coefficient (Wildman–Crippen LogP) is 6.20. The van der Waals surface area contributed by atoms with E-state index in [9.17, 15) is 39.3 Å². The number of esters is 1. The number of carbonyl (C=O) groups excluding carboxylic acids is 5. The van der Waals surface area contributed by atoms with Gasteiger partial charge in [-0.1, -0.05) is 71.1 Å². The van der Waals surface area contributed by atoms with E-state index in [0.717, 1.165) is 10.5 Å². The molecule has 3 fully saturated rings. The minimum absolute atomic E-state index is 0.0148. The quantitative estimate of drug-likeness (QED) is 0.134.